The number of hydrogen-bond donors (Lipinski definition) is 2. The molecule has 0 bridgehead atoms. The Bertz CT molecular complexity index is 591. The first-order valence-corrected chi connectivity index (χ1v) is 10.9. The van der Waals surface area contributed by atoms with Crippen LogP contribution in [0, 0.1) is 5.92 Å². The van der Waals surface area contributed by atoms with Gasteiger partial charge in [0, 0.05) is 52.2 Å². The van der Waals surface area contributed by atoms with Gasteiger partial charge < -0.3 is 15.5 Å². The maximum atomic E-state index is 11.7. The number of nitrogens with one attached hydrogen (secondary N) is 2. The van der Waals surface area contributed by atoms with Gasteiger partial charge in [-0.25, -0.2) is 12.7 Å². The Labute approximate surface area is 174 Å². The van der Waals surface area contributed by atoms with Gasteiger partial charge in [-0.2, -0.15) is 0 Å². The van der Waals surface area contributed by atoms with Gasteiger partial charge in [0.05, 0.1) is 6.26 Å². The molecule has 2 heterocycles. The molecular formula is C16H32IN5O3S. The van der Waals surface area contributed by atoms with Crippen molar-refractivity contribution in [1.29, 1.82) is 0 Å². The highest BCUT2D eigenvalue weighted by Crippen LogP contribution is 2.18. The van der Waals surface area contributed by atoms with Crippen molar-refractivity contribution in [1.82, 2.24) is 19.8 Å². The number of rotatable bonds is 5. The average Bonchev–Trinajstić information content (AvgIpc) is 3.06. The summed E-state index contributed by atoms with van der Waals surface area (Å²) in [7, 11) is -1.33. The number of likely N-dealkylation sites (tertiary alicyclic amines) is 1. The molecule has 2 saturated heterocycles. The molecule has 0 aromatic heterocycles. The fourth-order valence-corrected chi connectivity index (χ4v) is 4.28. The maximum Gasteiger partial charge on any atom is 0.222 e. The molecule has 1 atom stereocenters. The standard InChI is InChI=1S/C16H31N5O3S.HI/c1-4-15(22)20-8-7-14(12-20)19-16(17-2)18-11-13-5-9-21(10-6-13)25(3,23)24;/h13-14H,4-12H2,1-3H3,(H2,17,18,19);1H. The maximum absolute atomic E-state index is 11.7. The first-order chi connectivity index (χ1) is 11.8. The Morgan fingerprint density at radius 2 is 1.85 bits per heavy atom. The van der Waals surface area contributed by atoms with Crippen LogP contribution in [-0.2, 0) is 14.8 Å². The number of guanidine groups is 1. The first kappa shape index (κ1) is 23.4. The van der Waals surface area contributed by atoms with E-state index in [0.717, 1.165) is 44.9 Å². The largest absolute Gasteiger partial charge is 0.356 e. The number of nitrogens with zero attached hydrogens (tertiary/aromatic N) is 3. The molecule has 2 aliphatic heterocycles. The molecule has 1 unspecified atom stereocenters. The quantitative estimate of drug-likeness (QED) is 0.324. The second-order valence-corrected chi connectivity index (χ2v) is 8.86. The highest BCUT2D eigenvalue weighted by Gasteiger charge is 2.27. The summed E-state index contributed by atoms with van der Waals surface area (Å²) >= 11 is 0. The molecule has 0 aliphatic carbocycles. The lowest BCUT2D eigenvalue weighted by Gasteiger charge is -2.30. The van der Waals surface area contributed by atoms with Gasteiger partial charge >= 0.3 is 0 Å². The molecule has 1 amide bonds. The third-order valence-corrected chi connectivity index (χ3v) is 6.31. The van der Waals surface area contributed by atoms with E-state index in [1.54, 1.807) is 11.4 Å². The van der Waals surface area contributed by atoms with Crippen molar-refractivity contribution in [2.24, 2.45) is 10.9 Å². The second-order valence-electron chi connectivity index (χ2n) is 6.88. The van der Waals surface area contributed by atoms with Crippen LogP contribution in [0.1, 0.15) is 32.6 Å². The molecule has 2 fully saturated rings. The number of carbonyl (C=O) groups excluding carboxylic acids is 1. The van der Waals surface area contributed by atoms with Gasteiger partial charge in [-0.15, -0.1) is 24.0 Å². The molecule has 0 aromatic rings. The third kappa shape index (κ3) is 6.84. The van der Waals surface area contributed by atoms with Crippen LogP contribution in [0.5, 0.6) is 0 Å². The number of carbonyl (C=O) groups is 1. The third-order valence-electron chi connectivity index (χ3n) is 5.01. The summed E-state index contributed by atoms with van der Waals surface area (Å²) in [6, 6.07) is 0.230. The van der Waals surface area contributed by atoms with E-state index in [0.29, 0.717) is 25.4 Å². The number of amides is 1. The van der Waals surface area contributed by atoms with Crippen molar-refractivity contribution < 1.29 is 13.2 Å². The average molecular weight is 501 g/mol. The lowest BCUT2D eigenvalue weighted by atomic mass is 9.98. The lowest BCUT2D eigenvalue weighted by molar-refractivity contribution is -0.129. The molecule has 0 aromatic carbocycles. The number of aliphatic imine (C=N–C) groups is 1. The number of sulfonamides is 1. The molecule has 2 aliphatic rings. The molecule has 152 valence electrons. The zero-order valence-corrected chi connectivity index (χ0v) is 19.0. The van der Waals surface area contributed by atoms with Crippen molar-refractivity contribution in [2.45, 2.75) is 38.6 Å². The van der Waals surface area contributed by atoms with Crippen LogP contribution >= 0.6 is 24.0 Å². The molecular weight excluding hydrogens is 469 g/mol. The minimum absolute atomic E-state index is 0. The monoisotopic (exact) mass is 501 g/mol. The highest BCUT2D eigenvalue weighted by atomic mass is 127. The topological polar surface area (TPSA) is 94.1 Å². The zero-order chi connectivity index (χ0) is 18.4. The molecule has 0 spiro atoms. The molecule has 10 heteroatoms. The molecule has 26 heavy (non-hydrogen) atoms. The molecule has 2 rings (SSSR count). The summed E-state index contributed by atoms with van der Waals surface area (Å²) in [5.41, 5.74) is 0. The van der Waals surface area contributed by atoms with Crippen molar-refractivity contribution in [2.75, 3.05) is 46.0 Å². The van der Waals surface area contributed by atoms with Crippen LogP contribution in [0.4, 0.5) is 0 Å². The first-order valence-electron chi connectivity index (χ1n) is 9.03. The van der Waals surface area contributed by atoms with Gasteiger partial charge in [-0.3, -0.25) is 9.79 Å². The summed E-state index contributed by atoms with van der Waals surface area (Å²) < 4.78 is 24.6. The highest BCUT2D eigenvalue weighted by molar-refractivity contribution is 14.0. The van der Waals surface area contributed by atoms with Crippen LogP contribution in [0.15, 0.2) is 4.99 Å². The van der Waals surface area contributed by atoms with Gasteiger partial charge in [0.1, 0.15) is 0 Å². The van der Waals surface area contributed by atoms with Crippen LogP contribution in [0.2, 0.25) is 0 Å². The van der Waals surface area contributed by atoms with Crippen molar-refractivity contribution in [3.63, 3.8) is 0 Å². The van der Waals surface area contributed by atoms with E-state index in [4.69, 9.17) is 0 Å². The molecule has 8 nitrogen and oxygen atoms in total. The van der Waals surface area contributed by atoms with E-state index >= 15 is 0 Å². The van der Waals surface area contributed by atoms with Crippen LogP contribution in [-0.4, -0.2) is 81.6 Å². The Hall–Kier alpha value is -0.620. The van der Waals surface area contributed by atoms with Gasteiger partial charge in [0.2, 0.25) is 15.9 Å². The number of halogens is 1. The normalized spacial score (nSPS) is 22.8. The van der Waals surface area contributed by atoms with E-state index in [2.05, 4.69) is 15.6 Å². The van der Waals surface area contributed by atoms with Gasteiger partial charge in [-0.05, 0) is 25.2 Å². The second kappa shape index (κ2) is 10.6. The number of piperidine rings is 1. The lowest BCUT2D eigenvalue weighted by Crippen LogP contribution is -2.47. The van der Waals surface area contributed by atoms with E-state index in [-0.39, 0.29) is 35.9 Å². The van der Waals surface area contributed by atoms with E-state index in [9.17, 15) is 13.2 Å². The summed E-state index contributed by atoms with van der Waals surface area (Å²) in [5, 5.41) is 6.73. The molecule has 0 saturated carbocycles. The predicted octanol–water partition coefficient (Wildman–Crippen LogP) is 0.452. The summed E-state index contributed by atoms with van der Waals surface area (Å²) in [6.07, 6.45) is 4.47. The van der Waals surface area contributed by atoms with Crippen molar-refractivity contribution >= 4 is 45.9 Å². The van der Waals surface area contributed by atoms with Crippen molar-refractivity contribution in [3.05, 3.63) is 0 Å². The smallest absolute Gasteiger partial charge is 0.222 e. The summed E-state index contributed by atoms with van der Waals surface area (Å²) in [4.78, 5) is 17.9. The Balaban J connectivity index is 0.00000338. The Morgan fingerprint density at radius 1 is 1.19 bits per heavy atom. The van der Waals surface area contributed by atoms with Crippen LogP contribution in [0.3, 0.4) is 0 Å². The zero-order valence-electron chi connectivity index (χ0n) is 15.9. The molecule has 2 N–H and O–H groups in total. The minimum atomic E-state index is -3.07. The summed E-state index contributed by atoms with van der Waals surface area (Å²) in [5.74, 6) is 1.39. The minimum Gasteiger partial charge on any atom is -0.356 e. The number of hydrogen-bond acceptors (Lipinski definition) is 4. The van der Waals surface area contributed by atoms with E-state index in [1.807, 2.05) is 11.8 Å². The van der Waals surface area contributed by atoms with Crippen LogP contribution < -0.4 is 10.6 Å². The fraction of sp³-hybridized carbons (Fsp3) is 0.875. The predicted molar refractivity (Wildman–Crippen MR) is 114 cm³/mol. The van der Waals surface area contributed by atoms with Gasteiger partial charge in [0.25, 0.3) is 0 Å². The van der Waals surface area contributed by atoms with Crippen LogP contribution in [0.25, 0.3) is 0 Å². The fourth-order valence-electron chi connectivity index (χ4n) is 3.40. The van der Waals surface area contributed by atoms with Gasteiger partial charge in [0.15, 0.2) is 5.96 Å². The Morgan fingerprint density at radius 3 is 2.38 bits per heavy atom. The van der Waals surface area contributed by atoms with E-state index in [1.165, 1.54) is 6.26 Å². The summed E-state index contributed by atoms with van der Waals surface area (Å²) in [6.45, 7) is 5.37. The SMILES string of the molecule is CCC(=O)N1CCC(NC(=NC)NCC2CCN(S(C)(=O)=O)CC2)C1.I. The van der Waals surface area contributed by atoms with E-state index < -0.39 is 10.0 Å². The Kier molecular flexibility index (Phi) is 9.59. The van der Waals surface area contributed by atoms with Gasteiger partial charge in [-0.1, -0.05) is 6.92 Å². The molecule has 0 radical (unpaired) electrons. The van der Waals surface area contributed by atoms with Crippen molar-refractivity contribution in [3.8, 4) is 0 Å².